The second-order valence-corrected chi connectivity index (χ2v) is 18.5. The molecular formula is C20H28O2Si3. The summed E-state index contributed by atoms with van der Waals surface area (Å²) in [5.41, 5.74) is 3.74. The summed E-state index contributed by atoms with van der Waals surface area (Å²) in [6.07, 6.45) is 0. The zero-order valence-electron chi connectivity index (χ0n) is 15.7. The van der Waals surface area contributed by atoms with Crippen molar-refractivity contribution in [3.8, 4) is 0 Å². The maximum Gasteiger partial charge on any atom is 0.370 e. The van der Waals surface area contributed by atoms with E-state index in [0.717, 1.165) is 0 Å². The van der Waals surface area contributed by atoms with Gasteiger partial charge in [0.15, 0.2) is 8.32 Å². The Hall–Kier alpha value is -1.51. The summed E-state index contributed by atoms with van der Waals surface area (Å²) < 4.78 is 13.4. The van der Waals surface area contributed by atoms with Crippen molar-refractivity contribution < 1.29 is 8.23 Å². The first-order valence-electron chi connectivity index (χ1n) is 8.53. The number of rotatable bonds is 8. The molecule has 2 rings (SSSR count). The smallest absolute Gasteiger partial charge is 0.370 e. The summed E-state index contributed by atoms with van der Waals surface area (Å²) in [6, 6.07) is 20.9. The second-order valence-electron chi connectivity index (χ2n) is 7.21. The molecule has 0 fully saturated rings. The van der Waals surface area contributed by atoms with Crippen LogP contribution in [0.3, 0.4) is 0 Å². The zero-order valence-corrected chi connectivity index (χ0v) is 18.7. The molecule has 0 atom stereocenters. The quantitative estimate of drug-likeness (QED) is 0.637. The molecule has 0 bridgehead atoms. The molecule has 0 aromatic heterocycles. The Kier molecular flexibility index (Phi) is 6.18. The maximum absolute atomic E-state index is 6.93. The van der Waals surface area contributed by atoms with Gasteiger partial charge in [0.1, 0.15) is 0 Å². The van der Waals surface area contributed by atoms with E-state index in [9.17, 15) is 0 Å². The molecular weight excluding hydrogens is 356 g/mol. The lowest BCUT2D eigenvalue weighted by Crippen LogP contribution is -2.65. The van der Waals surface area contributed by atoms with Gasteiger partial charge in [-0.05, 0) is 48.0 Å². The van der Waals surface area contributed by atoms with Crippen molar-refractivity contribution in [1.29, 1.82) is 0 Å². The van der Waals surface area contributed by atoms with Gasteiger partial charge in [-0.25, -0.2) is 0 Å². The van der Waals surface area contributed by atoms with Gasteiger partial charge in [-0.3, -0.25) is 0 Å². The highest BCUT2D eigenvalue weighted by Crippen LogP contribution is 2.23. The molecule has 0 amide bonds. The SMILES string of the molecule is C=C[Si](C=C)(O[Si](C)(C)C)O[Si](C)(c1ccccc1)c1ccccc1. The van der Waals surface area contributed by atoms with Crippen LogP contribution < -0.4 is 10.4 Å². The van der Waals surface area contributed by atoms with Gasteiger partial charge < -0.3 is 8.23 Å². The van der Waals surface area contributed by atoms with Crippen molar-refractivity contribution in [1.82, 2.24) is 0 Å². The van der Waals surface area contributed by atoms with E-state index in [1.54, 1.807) is 0 Å². The van der Waals surface area contributed by atoms with Crippen LogP contribution in [0.15, 0.2) is 85.2 Å². The fourth-order valence-corrected chi connectivity index (χ4v) is 14.2. The summed E-state index contributed by atoms with van der Waals surface area (Å²) in [5, 5.41) is 2.45. The molecule has 2 aromatic rings. The Morgan fingerprint density at radius 2 is 1.08 bits per heavy atom. The van der Waals surface area contributed by atoms with E-state index in [-0.39, 0.29) is 0 Å². The third-order valence-corrected chi connectivity index (χ3v) is 14.7. The standard InChI is InChI=1S/C20H28O2Si3/c1-7-25(8-2,21-23(3,4)5)22-24(6,19-15-11-9-12-16-19)20-17-13-10-14-18-20/h7-18H,1-2H2,3-6H3. The largest absolute Gasteiger partial charge is 0.431 e. The lowest BCUT2D eigenvalue weighted by Gasteiger charge is -2.40. The Labute approximate surface area is 155 Å². The lowest BCUT2D eigenvalue weighted by atomic mass is 10.4. The summed E-state index contributed by atoms with van der Waals surface area (Å²) >= 11 is 0. The van der Waals surface area contributed by atoms with Crippen molar-refractivity contribution in [3.63, 3.8) is 0 Å². The van der Waals surface area contributed by atoms with Crippen LogP contribution in [0.25, 0.3) is 0 Å². The van der Waals surface area contributed by atoms with E-state index in [4.69, 9.17) is 8.23 Å². The first kappa shape index (κ1) is 19.8. The summed E-state index contributed by atoms with van der Waals surface area (Å²) in [7, 11) is -7.01. The average molecular weight is 385 g/mol. The van der Waals surface area contributed by atoms with E-state index in [1.165, 1.54) is 10.4 Å². The molecule has 132 valence electrons. The van der Waals surface area contributed by atoms with Crippen molar-refractivity contribution in [2.75, 3.05) is 0 Å². The minimum Gasteiger partial charge on any atom is -0.431 e. The first-order chi connectivity index (χ1) is 11.7. The minimum atomic E-state index is -2.73. The molecule has 0 saturated carbocycles. The van der Waals surface area contributed by atoms with E-state index < -0.39 is 25.2 Å². The molecule has 0 N–H and O–H groups in total. The zero-order chi connectivity index (χ0) is 18.6. The Morgan fingerprint density at radius 1 is 0.680 bits per heavy atom. The van der Waals surface area contributed by atoms with E-state index >= 15 is 0 Å². The van der Waals surface area contributed by atoms with Crippen LogP contribution in [0.2, 0.25) is 26.2 Å². The van der Waals surface area contributed by atoms with Crippen LogP contribution in [-0.2, 0) is 8.23 Å². The van der Waals surface area contributed by atoms with Gasteiger partial charge in [-0.1, -0.05) is 60.7 Å². The Bertz CT molecular complexity index is 661. The predicted molar refractivity (Wildman–Crippen MR) is 115 cm³/mol. The minimum absolute atomic E-state index is 1.22. The van der Waals surface area contributed by atoms with Crippen LogP contribution in [0.5, 0.6) is 0 Å². The van der Waals surface area contributed by atoms with Crippen LogP contribution in [0.1, 0.15) is 0 Å². The van der Waals surface area contributed by atoms with Gasteiger partial charge in [0.05, 0.1) is 0 Å². The molecule has 0 radical (unpaired) electrons. The Balaban J connectivity index is 2.56. The molecule has 0 aliphatic rings. The van der Waals surface area contributed by atoms with Gasteiger partial charge in [-0.15, -0.1) is 13.2 Å². The normalized spacial score (nSPS) is 12.6. The molecule has 2 nitrogen and oxygen atoms in total. The van der Waals surface area contributed by atoms with Gasteiger partial charge >= 0.3 is 8.56 Å². The van der Waals surface area contributed by atoms with E-state index in [0.29, 0.717) is 0 Å². The van der Waals surface area contributed by atoms with Gasteiger partial charge in [0.25, 0.3) is 0 Å². The summed E-state index contributed by atoms with van der Waals surface area (Å²) in [6.45, 7) is 16.9. The monoisotopic (exact) mass is 384 g/mol. The molecule has 0 unspecified atom stereocenters. The molecule has 0 aliphatic heterocycles. The highest BCUT2D eigenvalue weighted by Gasteiger charge is 2.45. The summed E-state index contributed by atoms with van der Waals surface area (Å²) in [4.78, 5) is 0. The van der Waals surface area contributed by atoms with Crippen LogP contribution in [0.4, 0.5) is 0 Å². The predicted octanol–water partition coefficient (Wildman–Crippen LogP) is 4.14. The van der Waals surface area contributed by atoms with Crippen molar-refractivity contribution in [2.24, 2.45) is 0 Å². The maximum atomic E-state index is 6.93. The topological polar surface area (TPSA) is 18.5 Å². The highest BCUT2D eigenvalue weighted by atomic mass is 28.5. The van der Waals surface area contributed by atoms with Crippen molar-refractivity contribution in [3.05, 3.63) is 85.2 Å². The van der Waals surface area contributed by atoms with Gasteiger partial charge in [0.2, 0.25) is 8.32 Å². The second kappa shape index (κ2) is 7.80. The first-order valence-corrected chi connectivity index (χ1v) is 16.3. The molecule has 0 heterocycles. The fraction of sp³-hybridized carbons (Fsp3) is 0.200. The fourth-order valence-electron chi connectivity index (χ4n) is 2.87. The average Bonchev–Trinajstić information content (AvgIpc) is 2.61. The van der Waals surface area contributed by atoms with Crippen molar-refractivity contribution in [2.45, 2.75) is 26.2 Å². The third-order valence-electron chi connectivity index (χ3n) is 4.05. The molecule has 25 heavy (non-hydrogen) atoms. The number of hydrogen-bond donors (Lipinski definition) is 0. The molecule has 0 saturated heterocycles. The van der Waals surface area contributed by atoms with E-state index in [1.807, 2.05) is 23.5 Å². The third kappa shape index (κ3) is 4.77. The molecule has 0 aliphatic carbocycles. The lowest BCUT2D eigenvalue weighted by molar-refractivity contribution is 0.416. The molecule has 5 heteroatoms. The van der Waals surface area contributed by atoms with Crippen LogP contribution in [-0.4, -0.2) is 25.2 Å². The summed E-state index contributed by atoms with van der Waals surface area (Å²) in [5.74, 6) is 0. The van der Waals surface area contributed by atoms with Gasteiger partial charge in [-0.2, -0.15) is 0 Å². The highest BCUT2D eigenvalue weighted by molar-refractivity contribution is 7.03. The van der Waals surface area contributed by atoms with Gasteiger partial charge in [0, 0.05) is 0 Å². The molecule has 2 aromatic carbocycles. The number of benzene rings is 2. The van der Waals surface area contributed by atoms with Crippen LogP contribution >= 0.6 is 0 Å². The molecule has 0 spiro atoms. The van der Waals surface area contributed by atoms with Crippen molar-refractivity contribution >= 4 is 35.6 Å². The number of hydrogen-bond acceptors (Lipinski definition) is 2. The van der Waals surface area contributed by atoms with E-state index in [2.05, 4.69) is 87.9 Å². The Morgan fingerprint density at radius 3 is 1.40 bits per heavy atom. The van der Waals surface area contributed by atoms with Crippen LogP contribution in [0, 0.1) is 0 Å².